The van der Waals surface area contributed by atoms with Gasteiger partial charge in [-0.15, -0.1) is 0 Å². The summed E-state index contributed by atoms with van der Waals surface area (Å²) in [5, 5.41) is 9.15. The number of amides is 3. The molecule has 0 bridgehead atoms. The highest BCUT2D eigenvalue weighted by atomic mass is 16.5. The molecule has 0 aliphatic heterocycles. The van der Waals surface area contributed by atoms with Gasteiger partial charge in [-0.05, 0) is 62.6 Å². The molecule has 8 heteroatoms. The molecule has 31 heavy (non-hydrogen) atoms. The molecule has 0 heterocycles. The van der Waals surface area contributed by atoms with E-state index < -0.39 is 11.8 Å². The number of carbonyl (C=O) groups excluding carboxylic acids is 3. The highest BCUT2D eigenvalue weighted by Gasteiger charge is 2.14. The minimum absolute atomic E-state index is 0.105. The molecule has 0 fully saturated rings. The number of hydrogen-bond donors (Lipinski definition) is 3. The Morgan fingerprint density at radius 3 is 2.52 bits per heavy atom. The highest BCUT2D eigenvalue weighted by Crippen LogP contribution is 2.17. The van der Waals surface area contributed by atoms with Gasteiger partial charge in [0.05, 0.1) is 6.21 Å². The van der Waals surface area contributed by atoms with E-state index in [1.165, 1.54) is 6.21 Å². The molecular formula is C23H28N4O4. The summed E-state index contributed by atoms with van der Waals surface area (Å²) in [6, 6.07) is 12.5. The first-order valence-electron chi connectivity index (χ1n) is 10.0. The van der Waals surface area contributed by atoms with Crippen molar-refractivity contribution in [2.45, 2.75) is 40.2 Å². The predicted molar refractivity (Wildman–Crippen MR) is 120 cm³/mol. The molecule has 3 N–H and O–H groups in total. The fourth-order valence-corrected chi connectivity index (χ4v) is 2.48. The van der Waals surface area contributed by atoms with E-state index >= 15 is 0 Å². The van der Waals surface area contributed by atoms with E-state index in [1.807, 2.05) is 39.0 Å². The highest BCUT2D eigenvalue weighted by molar-refractivity contribution is 6.35. The van der Waals surface area contributed by atoms with Crippen LogP contribution in [0.25, 0.3) is 0 Å². The van der Waals surface area contributed by atoms with Crippen molar-refractivity contribution in [2.75, 3.05) is 11.9 Å². The molecule has 8 nitrogen and oxygen atoms in total. The molecule has 2 aromatic rings. The normalized spacial score (nSPS) is 11.6. The fourth-order valence-electron chi connectivity index (χ4n) is 2.48. The van der Waals surface area contributed by atoms with Gasteiger partial charge in [0, 0.05) is 17.3 Å². The van der Waals surface area contributed by atoms with Crippen LogP contribution in [0.2, 0.25) is 0 Å². The predicted octanol–water partition coefficient (Wildman–Crippen LogP) is 2.69. The standard InChI is InChI=1S/C23H28N4O4/c1-5-17(4)25-22(29)23(30)27-24-13-18-8-6-7-9-20(18)31-14-21(28)26-19-11-10-15(2)16(3)12-19/h6-13,17H,5,14H2,1-4H3,(H,25,29)(H,26,28)(H,27,30)/b24-13-/t17-/m0/s1. The Kier molecular flexibility index (Phi) is 8.75. The average molecular weight is 425 g/mol. The van der Waals surface area contributed by atoms with E-state index in [0.29, 0.717) is 23.4 Å². The van der Waals surface area contributed by atoms with E-state index in [2.05, 4.69) is 21.2 Å². The zero-order chi connectivity index (χ0) is 22.8. The van der Waals surface area contributed by atoms with E-state index in [4.69, 9.17) is 4.74 Å². The Hall–Kier alpha value is -3.68. The second-order valence-electron chi connectivity index (χ2n) is 7.16. The van der Waals surface area contributed by atoms with Gasteiger partial charge in [-0.2, -0.15) is 5.10 Å². The van der Waals surface area contributed by atoms with E-state index in [-0.39, 0.29) is 18.6 Å². The largest absolute Gasteiger partial charge is 0.483 e. The first-order chi connectivity index (χ1) is 14.8. The third-order valence-corrected chi connectivity index (χ3v) is 4.63. The SMILES string of the molecule is CC[C@H](C)NC(=O)C(=O)N/N=C\c1ccccc1OCC(=O)Nc1ccc(C)c(C)c1. The number of aryl methyl sites for hydroxylation is 2. The van der Waals surface area contributed by atoms with Crippen LogP contribution in [0.15, 0.2) is 47.6 Å². The van der Waals surface area contributed by atoms with E-state index in [0.717, 1.165) is 11.1 Å². The van der Waals surface area contributed by atoms with Gasteiger partial charge in [0.25, 0.3) is 5.91 Å². The summed E-state index contributed by atoms with van der Waals surface area (Å²) in [6.45, 7) is 7.49. The number of rotatable bonds is 8. The number of carbonyl (C=O) groups is 3. The molecular weight excluding hydrogens is 396 g/mol. The summed E-state index contributed by atoms with van der Waals surface area (Å²) in [7, 11) is 0. The van der Waals surface area contributed by atoms with Crippen molar-refractivity contribution in [3.8, 4) is 5.75 Å². The quantitative estimate of drug-likeness (QED) is 0.344. The number of anilines is 1. The van der Waals surface area contributed by atoms with Crippen LogP contribution < -0.4 is 20.8 Å². The lowest BCUT2D eigenvalue weighted by Gasteiger charge is -2.11. The van der Waals surface area contributed by atoms with Crippen molar-refractivity contribution in [1.29, 1.82) is 0 Å². The van der Waals surface area contributed by atoms with Crippen LogP contribution in [0.1, 0.15) is 37.0 Å². The van der Waals surface area contributed by atoms with Crippen molar-refractivity contribution >= 4 is 29.6 Å². The molecule has 1 atom stereocenters. The maximum absolute atomic E-state index is 12.2. The first kappa shape index (κ1) is 23.6. The maximum Gasteiger partial charge on any atom is 0.329 e. The summed E-state index contributed by atoms with van der Waals surface area (Å²) in [4.78, 5) is 35.7. The summed E-state index contributed by atoms with van der Waals surface area (Å²) < 4.78 is 5.60. The minimum Gasteiger partial charge on any atom is -0.483 e. The lowest BCUT2D eigenvalue weighted by Crippen LogP contribution is -2.41. The molecule has 0 saturated heterocycles. The number of para-hydroxylation sites is 1. The van der Waals surface area contributed by atoms with Crippen molar-refractivity contribution in [3.63, 3.8) is 0 Å². The smallest absolute Gasteiger partial charge is 0.329 e. The zero-order valence-electron chi connectivity index (χ0n) is 18.2. The first-order valence-corrected chi connectivity index (χ1v) is 10.0. The average Bonchev–Trinajstić information content (AvgIpc) is 2.75. The van der Waals surface area contributed by atoms with Crippen LogP contribution in [0.3, 0.4) is 0 Å². The maximum atomic E-state index is 12.2. The summed E-state index contributed by atoms with van der Waals surface area (Å²) >= 11 is 0. The van der Waals surface area contributed by atoms with Crippen molar-refractivity contribution in [3.05, 3.63) is 59.2 Å². The molecule has 0 aliphatic rings. The summed E-state index contributed by atoms with van der Waals surface area (Å²) in [6.07, 6.45) is 2.06. The van der Waals surface area contributed by atoms with E-state index in [1.54, 1.807) is 31.2 Å². The Labute approximate surface area is 182 Å². The van der Waals surface area contributed by atoms with Crippen molar-refractivity contribution in [2.24, 2.45) is 5.10 Å². The van der Waals surface area contributed by atoms with Crippen LogP contribution in [0.5, 0.6) is 5.75 Å². The van der Waals surface area contributed by atoms with Crippen LogP contribution in [0, 0.1) is 13.8 Å². The van der Waals surface area contributed by atoms with Gasteiger partial charge in [-0.1, -0.05) is 25.1 Å². The number of ether oxygens (including phenoxy) is 1. The molecule has 0 saturated carbocycles. The number of hydrogen-bond acceptors (Lipinski definition) is 5. The number of nitrogens with zero attached hydrogens (tertiary/aromatic N) is 1. The molecule has 0 aliphatic carbocycles. The van der Waals surface area contributed by atoms with Gasteiger partial charge in [0.15, 0.2) is 6.61 Å². The zero-order valence-corrected chi connectivity index (χ0v) is 18.2. The molecule has 2 rings (SSSR count). The summed E-state index contributed by atoms with van der Waals surface area (Å²) in [5.41, 5.74) is 5.65. The lowest BCUT2D eigenvalue weighted by atomic mass is 10.1. The van der Waals surface area contributed by atoms with Crippen LogP contribution in [-0.2, 0) is 14.4 Å². The topological polar surface area (TPSA) is 109 Å². The van der Waals surface area contributed by atoms with Gasteiger partial charge >= 0.3 is 11.8 Å². The fraction of sp³-hybridized carbons (Fsp3) is 0.304. The minimum atomic E-state index is -0.859. The van der Waals surface area contributed by atoms with Crippen molar-refractivity contribution in [1.82, 2.24) is 10.7 Å². The van der Waals surface area contributed by atoms with Crippen molar-refractivity contribution < 1.29 is 19.1 Å². The van der Waals surface area contributed by atoms with Gasteiger partial charge in [0.1, 0.15) is 5.75 Å². The molecule has 164 valence electrons. The molecule has 0 aromatic heterocycles. The Balaban J connectivity index is 1.91. The van der Waals surface area contributed by atoms with Gasteiger partial charge in [-0.25, -0.2) is 5.43 Å². The van der Waals surface area contributed by atoms with Crippen LogP contribution in [0.4, 0.5) is 5.69 Å². The van der Waals surface area contributed by atoms with Gasteiger partial charge < -0.3 is 15.4 Å². The number of nitrogens with one attached hydrogen (secondary N) is 3. The Bertz CT molecular complexity index is 972. The van der Waals surface area contributed by atoms with E-state index in [9.17, 15) is 14.4 Å². The molecule has 0 unspecified atom stereocenters. The molecule has 0 spiro atoms. The van der Waals surface area contributed by atoms with Crippen LogP contribution in [-0.4, -0.2) is 36.6 Å². The van der Waals surface area contributed by atoms with Crippen LogP contribution >= 0.6 is 0 Å². The number of benzene rings is 2. The van der Waals surface area contributed by atoms with Gasteiger partial charge in [0.2, 0.25) is 0 Å². The lowest BCUT2D eigenvalue weighted by molar-refractivity contribution is -0.139. The second-order valence-corrected chi connectivity index (χ2v) is 7.16. The Morgan fingerprint density at radius 1 is 1.06 bits per heavy atom. The Morgan fingerprint density at radius 2 is 1.81 bits per heavy atom. The third kappa shape index (κ3) is 7.58. The number of hydrazone groups is 1. The van der Waals surface area contributed by atoms with Gasteiger partial charge in [-0.3, -0.25) is 14.4 Å². The second kappa shape index (κ2) is 11.5. The third-order valence-electron chi connectivity index (χ3n) is 4.63. The molecule has 3 amide bonds. The monoisotopic (exact) mass is 424 g/mol. The molecule has 0 radical (unpaired) electrons. The summed E-state index contributed by atoms with van der Waals surface area (Å²) in [5.74, 6) is -1.49. The molecule has 2 aromatic carbocycles.